The van der Waals surface area contributed by atoms with Crippen LogP contribution in [0.4, 0.5) is 5.69 Å². The molecule has 2 aliphatic heterocycles. The molecule has 0 saturated carbocycles. The van der Waals surface area contributed by atoms with Crippen molar-refractivity contribution in [2.24, 2.45) is 4.99 Å². The number of hydrogen-bond donors (Lipinski definition) is 2. The van der Waals surface area contributed by atoms with E-state index in [1.807, 2.05) is 7.05 Å². The number of morpholine rings is 1. The first kappa shape index (κ1) is 22.6. The van der Waals surface area contributed by atoms with E-state index in [0.29, 0.717) is 0 Å². The van der Waals surface area contributed by atoms with Gasteiger partial charge in [0.15, 0.2) is 5.96 Å². The summed E-state index contributed by atoms with van der Waals surface area (Å²) in [6.07, 6.45) is 2.59. The molecule has 2 fully saturated rings. The van der Waals surface area contributed by atoms with Gasteiger partial charge in [-0.15, -0.1) is 0 Å². The fourth-order valence-electron chi connectivity index (χ4n) is 4.49. The number of guanidine groups is 1. The Morgan fingerprint density at radius 1 is 1.00 bits per heavy atom. The van der Waals surface area contributed by atoms with Crippen molar-refractivity contribution in [1.29, 1.82) is 0 Å². The molecule has 32 heavy (non-hydrogen) atoms. The normalized spacial score (nSPS) is 18.6. The minimum absolute atomic E-state index is 0.177. The molecule has 2 aromatic carbocycles. The fourth-order valence-corrected chi connectivity index (χ4v) is 4.49. The summed E-state index contributed by atoms with van der Waals surface area (Å²) in [5.74, 6) is 0.822. The van der Waals surface area contributed by atoms with Crippen LogP contribution in [0, 0.1) is 0 Å². The predicted octanol–water partition coefficient (Wildman–Crippen LogP) is 3.55. The van der Waals surface area contributed by atoms with E-state index in [2.05, 4.69) is 80.9 Å². The smallest absolute Gasteiger partial charge is 0.191 e. The van der Waals surface area contributed by atoms with Crippen molar-refractivity contribution < 1.29 is 4.74 Å². The van der Waals surface area contributed by atoms with Crippen LogP contribution in [0.25, 0.3) is 0 Å². The molecule has 2 aromatic rings. The van der Waals surface area contributed by atoms with Gasteiger partial charge < -0.3 is 20.3 Å². The van der Waals surface area contributed by atoms with Gasteiger partial charge >= 0.3 is 0 Å². The lowest BCUT2D eigenvalue weighted by atomic mass is 10.1. The van der Waals surface area contributed by atoms with E-state index in [-0.39, 0.29) is 6.04 Å². The summed E-state index contributed by atoms with van der Waals surface area (Å²) in [5, 5.41) is 7.03. The highest BCUT2D eigenvalue weighted by atomic mass is 16.5. The SMILES string of the molecule is CN=C(NCc1cccc(CN2CCOCC2)c1)NC(C)c1cccc(N2CCCC2)c1. The van der Waals surface area contributed by atoms with E-state index < -0.39 is 0 Å². The summed E-state index contributed by atoms with van der Waals surface area (Å²) in [5.41, 5.74) is 5.22. The monoisotopic (exact) mass is 435 g/mol. The molecule has 2 aliphatic rings. The molecule has 4 rings (SSSR count). The third-order valence-electron chi connectivity index (χ3n) is 6.38. The first-order chi connectivity index (χ1) is 15.7. The van der Waals surface area contributed by atoms with Gasteiger partial charge in [-0.05, 0) is 48.6 Å². The summed E-state index contributed by atoms with van der Waals surface area (Å²) in [4.78, 5) is 9.38. The van der Waals surface area contributed by atoms with E-state index in [4.69, 9.17) is 4.74 Å². The van der Waals surface area contributed by atoms with Gasteiger partial charge in [-0.3, -0.25) is 9.89 Å². The maximum atomic E-state index is 5.46. The summed E-state index contributed by atoms with van der Waals surface area (Å²) in [6, 6.07) is 17.9. The van der Waals surface area contributed by atoms with Crippen LogP contribution in [0.5, 0.6) is 0 Å². The second-order valence-electron chi connectivity index (χ2n) is 8.79. The van der Waals surface area contributed by atoms with Gasteiger partial charge in [-0.2, -0.15) is 0 Å². The lowest BCUT2D eigenvalue weighted by molar-refractivity contribution is 0.0342. The molecule has 0 radical (unpaired) electrons. The van der Waals surface area contributed by atoms with Crippen molar-refractivity contribution in [1.82, 2.24) is 15.5 Å². The van der Waals surface area contributed by atoms with Gasteiger partial charge in [0.25, 0.3) is 0 Å². The van der Waals surface area contributed by atoms with Gasteiger partial charge in [0, 0.05) is 52.0 Å². The second kappa shape index (κ2) is 11.3. The van der Waals surface area contributed by atoms with Crippen LogP contribution in [-0.4, -0.2) is 57.3 Å². The average molecular weight is 436 g/mol. The summed E-state index contributed by atoms with van der Waals surface area (Å²) < 4.78 is 5.46. The quantitative estimate of drug-likeness (QED) is 0.515. The Labute approximate surface area is 192 Å². The maximum Gasteiger partial charge on any atom is 0.191 e. The molecular weight excluding hydrogens is 398 g/mol. The molecule has 0 aromatic heterocycles. The zero-order valence-electron chi connectivity index (χ0n) is 19.5. The Hall–Kier alpha value is -2.57. The third-order valence-corrected chi connectivity index (χ3v) is 6.38. The topological polar surface area (TPSA) is 52.1 Å². The summed E-state index contributed by atoms with van der Waals surface area (Å²) in [6.45, 7) is 9.94. The molecule has 6 nitrogen and oxygen atoms in total. The number of nitrogens with one attached hydrogen (secondary N) is 2. The molecule has 1 atom stereocenters. The number of rotatable bonds is 7. The molecule has 6 heteroatoms. The minimum Gasteiger partial charge on any atom is -0.379 e. The Kier molecular flexibility index (Phi) is 8.02. The van der Waals surface area contributed by atoms with Crippen LogP contribution in [0.15, 0.2) is 53.5 Å². The van der Waals surface area contributed by atoms with E-state index in [1.165, 1.54) is 48.3 Å². The van der Waals surface area contributed by atoms with Gasteiger partial charge in [0.1, 0.15) is 0 Å². The molecule has 172 valence electrons. The number of benzene rings is 2. The van der Waals surface area contributed by atoms with E-state index in [1.54, 1.807) is 0 Å². The van der Waals surface area contributed by atoms with E-state index in [0.717, 1.165) is 45.4 Å². The zero-order valence-corrected chi connectivity index (χ0v) is 19.5. The highest BCUT2D eigenvalue weighted by Crippen LogP contribution is 2.24. The van der Waals surface area contributed by atoms with Gasteiger partial charge in [-0.25, -0.2) is 0 Å². The Balaban J connectivity index is 1.31. The summed E-state index contributed by atoms with van der Waals surface area (Å²) >= 11 is 0. The number of ether oxygens (including phenoxy) is 1. The van der Waals surface area contributed by atoms with Crippen LogP contribution in [-0.2, 0) is 17.8 Å². The van der Waals surface area contributed by atoms with Crippen molar-refractivity contribution >= 4 is 11.6 Å². The van der Waals surface area contributed by atoms with E-state index in [9.17, 15) is 0 Å². The van der Waals surface area contributed by atoms with Crippen LogP contribution in [0.1, 0.15) is 42.5 Å². The lowest BCUT2D eigenvalue weighted by Crippen LogP contribution is -2.38. The van der Waals surface area contributed by atoms with Crippen LogP contribution in [0.2, 0.25) is 0 Å². The molecular formula is C26H37N5O. The van der Waals surface area contributed by atoms with Crippen LogP contribution in [0.3, 0.4) is 0 Å². The Bertz CT molecular complexity index is 887. The molecule has 0 aliphatic carbocycles. The van der Waals surface area contributed by atoms with Crippen molar-refractivity contribution in [3.8, 4) is 0 Å². The van der Waals surface area contributed by atoms with Crippen molar-refractivity contribution in [3.05, 3.63) is 65.2 Å². The molecule has 2 heterocycles. The number of nitrogens with zero attached hydrogens (tertiary/aromatic N) is 3. The average Bonchev–Trinajstić information content (AvgIpc) is 3.38. The molecule has 2 saturated heterocycles. The molecule has 2 N–H and O–H groups in total. The summed E-state index contributed by atoms with van der Waals surface area (Å²) in [7, 11) is 1.83. The molecule has 1 unspecified atom stereocenters. The Morgan fingerprint density at radius 2 is 1.75 bits per heavy atom. The third kappa shape index (κ3) is 6.24. The predicted molar refractivity (Wildman–Crippen MR) is 132 cm³/mol. The number of aliphatic imine (C=N–C) groups is 1. The molecule has 0 bridgehead atoms. The molecule has 0 spiro atoms. The van der Waals surface area contributed by atoms with Crippen molar-refractivity contribution in [2.45, 2.75) is 38.9 Å². The van der Waals surface area contributed by atoms with E-state index >= 15 is 0 Å². The highest BCUT2D eigenvalue weighted by Gasteiger charge is 2.15. The maximum absolute atomic E-state index is 5.46. The number of anilines is 1. The van der Waals surface area contributed by atoms with Gasteiger partial charge in [0.05, 0.1) is 19.3 Å². The van der Waals surface area contributed by atoms with Crippen molar-refractivity contribution in [3.63, 3.8) is 0 Å². The second-order valence-corrected chi connectivity index (χ2v) is 8.79. The largest absolute Gasteiger partial charge is 0.379 e. The number of hydrogen-bond acceptors (Lipinski definition) is 4. The standard InChI is InChI=1S/C26H37N5O/c1-21(24-9-6-10-25(18-24)31-11-3-4-12-31)29-26(27-2)28-19-22-7-5-8-23(17-22)20-30-13-15-32-16-14-30/h5-10,17-18,21H,3-4,11-16,19-20H2,1-2H3,(H2,27,28,29). The van der Waals surface area contributed by atoms with Crippen LogP contribution < -0.4 is 15.5 Å². The lowest BCUT2D eigenvalue weighted by Gasteiger charge is -2.26. The molecule has 0 amide bonds. The zero-order chi connectivity index (χ0) is 22.2. The first-order valence-corrected chi connectivity index (χ1v) is 11.9. The fraction of sp³-hybridized carbons (Fsp3) is 0.500. The van der Waals surface area contributed by atoms with Gasteiger partial charge in [0.2, 0.25) is 0 Å². The van der Waals surface area contributed by atoms with Gasteiger partial charge in [-0.1, -0.05) is 36.4 Å². The first-order valence-electron chi connectivity index (χ1n) is 11.9. The van der Waals surface area contributed by atoms with Crippen LogP contribution >= 0.6 is 0 Å². The Morgan fingerprint density at radius 3 is 2.53 bits per heavy atom. The minimum atomic E-state index is 0.177. The highest BCUT2D eigenvalue weighted by molar-refractivity contribution is 5.80. The van der Waals surface area contributed by atoms with Crippen molar-refractivity contribution in [2.75, 3.05) is 51.3 Å².